The van der Waals surface area contributed by atoms with E-state index in [-0.39, 0.29) is 17.2 Å². The zero-order valence-electron chi connectivity index (χ0n) is 20.0. The first-order valence-electron chi connectivity index (χ1n) is 11.1. The third-order valence-corrected chi connectivity index (χ3v) is 6.25. The number of anilines is 3. The van der Waals surface area contributed by atoms with Crippen LogP contribution in [0.15, 0.2) is 66.7 Å². The van der Waals surface area contributed by atoms with Crippen molar-refractivity contribution in [2.75, 3.05) is 4.90 Å². The Labute approximate surface area is 200 Å². The molecule has 4 aromatic rings. The smallest absolute Gasteiger partial charge is 0.169 e. The number of para-hydroxylation sites is 2. The maximum Gasteiger partial charge on any atom is 0.169 e. The van der Waals surface area contributed by atoms with Gasteiger partial charge in [0.15, 0.2) is 17.2 Å². The van der Waals surface area contributed by atoms with Crippen LogP contribution in [0.2, 0.25) is 0 Å². The van der Waals surface area contributed by atoms with Crippen molar-refractivity contribution in [3.63, 3.8) is 0 Å². The van der Waals surface area contributed by atoms with Crippen molar-refractivity contribution >= 4 is 17.1 Å². The second kappa shape index (κ2) is 9.02. The van der Waals surface area contributed by atoms with E-state index < -0.39 is 0 Å². The van der Waals surface area contributed by atoms with E-state index in [9.17, 15) is 15.3 Å². The van der Waals surface area contributed by atoms with Gasteiger partial charge in [0.2, 0.25) is 0 Å². The summed E-state index contributed by atoms with van der Waals surface area (Å²) in [6.07, 6.45) is 0. The SMILES string of the molecule is Cc1ccc(Oc2ccccc2N(c2c(O)ccc(C)c2C)c2c(O)ccc(C)c2C)c(O)c1. The number of ether oxygens (including phenoxy) is 1. The van der Waals surface area contributed by atoms with Gasteiger partial charge in [-0.2, -0.15) is 0 Å². The molecule has 0 fully saturated rings. The molecule has 0 aliphatic carbocycles. The number of rotatable bonds is 5. The molecule has 4 rings (SSSR count). The van der Waals surface area contributed by atoms with Crippen LogP contribution < -0.4 is 9.64 Å². The number of hydrogen-bond acceptors (Lipinski definition) is 5. The number of aromatic hydroxyl groups is 3. The van der Waals surface area contributed by atoms with Gasteiger partial charge in [-0.1, -0.05) is 30.3 Å². The average molecular weight is 456 g/mol. The van der Waals surface area contributed by atoms with Gasteiger partial charge in [-0.05, 0) is 98.8 Å². The molecule has 3 N–H and O–H groups in total. The molecule has 34 heavy (non-hydrogen) atoms. The summed E-state index contributed by atoms with van der Waals surface area (Å²) in [5, 5.41) is 32.5. The summed E-state index contributed by atoms with van der Waals surface area (Å²) >= 11 is 0. The fraction of sp³-hybridized carbons (Fsp3) is 0.172. The van der Waals surface area contributed by atoms with Gasteiger partial charge >= 0.3 is 0 Å². The zero-order valence-corrected chi connectivity index (χ0v) is 20.0. The molecule has 0 radical (unpaired) electrons. The summed E-state index contributed by atoms with van der Waals surface area (Å²) in [4.78, 5) is 1.83. The average Bonchev–Trinajstić information content (AvgIpc) is 2.80. The van der Waals surface area contributed by atoms with E-state index in [4.69, 9.17) is 4.74 Å². The van der Waals surface area contributed by atoms with Crippen LogP contribution in [-0.2, 0) is 0 Å². The van der Waals surface area contributed by atoms with Gasteiger partial charge in [0.25, 0.3) is 0 Å². The Hall–Kier alpha value is -4.12. The molecule has 0 amide bonds. The molecular weight excluding hydrogens is 426 g/mol. The first kappa shape index (κ1) is 23.1. The topological polar surface area (TPSA) is 73.2 Å². The van der Waals surface area contributed by atoms with Crippen molar-refractivity contribution < 1.29 is 20.1 Å². The first-order chi connectivity index (χ1) is 16.2. The van der Waals surface area contributed by atoms with Crippen molar-refractivity contribution in [3.05, 3.63) is 94.5 Å². The largest absolute Gasteiger partial charge is 0.506 e. The first-order valence-corrected chi connectivity index (χ1v) is 11.1. The van der Waals surface area contributed by atoms with Crippen LogP contribution in [0.3, 0.4) is 0 Å². The Kier molecular flexibility index (Phi) is 6.12. The van der Waals surface area contributed by atoms with E-state index in [1.165, 1.54) is 0 Å². The van der Waals surface area contributed by atoms with E-state index in [1.54, 1.807) is 30.3 Å². The predicted molar refractivity (Wildman–Crippen MR) is 136 cm³/mol. The highest BCUT2D eigenvalue weighted by atomic mass is 16.5. The molecule has 0 spiro atoms. The Morgan fingerprint density at radius 1 is 0.588 bits per heavy atom. The molecule has 174 valence electrons. The standard InChI is InChI=1S/C29H29NO4/c1-17-10-15-27(25(33)16-17)34-26-9-7-6-8-22(26)30(28-20(4)18(2)11-13-23(28)31)29-21(5)19(3)12-14-24(29)32/h6-16,31-33H,1-5H3. The Morgan fingerprint density at radius 2 is 1.15 bits per heavy atom. The summed E-state index contributed by atoms with van der Waals surface area (Å²) in [6, 6.07) is 19.6. The summed E-state index contributed by atoms with van der Waals surface area (Å²) in [7, 11) is 0. The third kappa shape index (κ3) is 4.13. The van der Waals surface area contributed by atoms with Crippen molar-refractivity contribution in [2.45, 2.75) is 34.6 Å². The summed E-state index contributed by atoms with van der Waals surface area (Å²) in [5.74, 6) is 0.967. The molecule has 0 bridgehead atoms. The van der Waals surface area contributed by atoms with E-state index in [1.807, 2.05) is 75.9 Å². The maximum atomic E-state index is 11.0. The highest BCUT2D eigenvalue weighted by molar-refractivity contribution is 5.89. The number of hydrogen-bond donors (Lipinski definition) is 3. The molecule has 0 saturated carbocycles. The van der Waals surface area contributed by atoms with Gasteiger partial charge in [-0.3, -0.25) is 4.90 Å². The Balaban J connectivity index is 2.01. The van der Waals surface area contributed by atoms with Crippen LogP contribution in [0.4, 0.5) is 17.1 Å². The number of nitrogens with zero attached hydrogens (tertiary/aromatic N) is 1. The normalized spacial score (nSPS) is 10.9. The van der Waals surface area contributed by atoms with Gasteiger partial charge in [-0.25, -0.2) is 0 Å². The lowest BCUT2D eigenvalue weighted by atomic mass is 10.0. The van der Waals surface area contributed by atoms with Crippen molar-refractivity contribution in [2.24, 2.45) is 0 Å². The van der Waals surface area contributed by atoms with E-state index >= 15 is 0 Å². The molecule has 0 aliphatic heterocycles. The van der Waals surface area contributed by atoms with Crippen molar-refractivity contribution in [1.29, 1.82) is 0 Å². The Morgan fingerprint density at radius 3 is 1.71 bits per heavy atom. The second-order valence-electron chi connectivity index (χ2n) is 8.63. The van der Waals surface area contributed by atoms with Crippen molar-refractivity contribution in [3.8, 4) is 28.7 Å². The quantitative estimate of drug-likeness (QED) is 0.289. The van der Waals surface area contributed by atoms with Crippen LogP contribution in [-0.4, -0.2) is 15.3 Å². The molecule has 0 heterocycles. The van der Waals surface area contributed by atoms with E-state index in [0.717, 1.165) is 27.8 Å². The van der Waals surface area contributed by atoms with Gasteiger partial charge in [0.05, 0.1) is 17.1 Å². The number of phenols is 3. The zero-order chi connectivity index (χ0) is 24.6. The van der Waals surface area contributed by atoms with Crippen molar-refractivity contribution in [1.82, 2.24) is 0 Å². The fourth-order valence-corrected chi connectivity index (χ4v) is 4.05. The Bertz CT molecular complexity index is 1320. The van der Waals surface area contributed by atoms with E-state index in [2.05, 4.69) is 0 Å². The monoisotopic (exact) mass is 455 g/mol. The summed E-state index contributed by atoms with van der Waals surface area (Å²) in [6.45, 7) is 9.73. The lowest BCUT2D eigenvalue weighted by Gasteiger charge is -2.31. The minimum atomic E-state index is 0.0329. The van der Waals surface area contributed by atoms with Gasteiger partial charge < -0.3 is 20.1 Å². The van der Waals surface area contributed by atoms with E-state index in [0.29, 0.717) is 28.6 Å². The lowest BCUT2D eigenvalue weighted by molar-refractivity contribution is 0.411. The van der Waals surface area contributed by atoms with Crippen LogP contribution in [0.1, 0.15) is 27.8 Å². The molecule has 0 aromatic heterocycles. The number of phenolic OH excluding ortho intramolecular Hbond substituents is 3. The fourth-order valence-electron chi connectivity index (χ4n) is 4.05. The molecule has 0 unspecified atom stereocenters. The lowest BCUT2D eigenvalue weighted by Crippen LogP contribution is -2.15. The molecule has 0 atom stereocenters. The highest BCUT2D eigenvalue weighted by Crippen LogP contribution is 2.51. The molecule has 0 aliphatic rings. The summed E-state index contributed by atoms with van der Waals surface area (Å²) in [5.41, 5.74) is 6.35. The molecule has 5 heteroatoms. The van der Waals surface area contributed by atoms with Gasteiger partial charge in [0.1, 0.15) is 11.5 Å². The minimum absolute atomic E-state index is 0.0329. The molecule has 5 nitrogen and oxygen atoms in total. The second-order valence-corrected chi connectivity index (χ2v) is 8.63. The number of aryl methyl sites for hydroxylation is 3. The van der Waals surface area contributed by atoms with Crippen LogP contribution in [0.25, 0.3) is 0 Å². The van der Waals surface area contributed by atoms with Gasteiger partial charge in [0, 0.05) is 0 Å². The maximum absolute atomic E-state index is 11.0. The number of benzene rings is 4. The third-order valence-electron chi connectivity index (χ3n) is 6.25. The highest BCUT2D eigenvalue weighted by Gasteiger charge is 2.26. The molecule has 0 saturated heterocycles. The van der Waals surface area contributed by atoms with Gasteiger partial charge in [-0.15, -0.1) is 0 Å². The minimum Gasteiger partial charge on any atom is -0.506 e. The predicted octanol–water partition coefficient (Wildman–Crippen LogP) is 7.61. The van der Waals surface area contributed by atoms with Crippen LogP contribution >= 0.6 is 0 Å². The summed E-state index contributed by atoms with van der Waals surface area (Å²) < 4.78 is 6.18. The van der Waals surface area contributed by atoms with Crippen LogP contribution in [0, 0.1) is 34.6 Å². The molecule has 4 aromatic carbocycles. The van der Waals surface area contributed by atoms with Crippen LogP contribution in [0.5, 0.6) is 28.7 Å². The molecular formula is C29H29NO4.